The fourth-order valence-corrected chi connectivity index (χ4v) is 2.72. The normalized spacial score (nSPS) is 14.6. The van der Waals surface area contributed by atoms with Crippen LogP contribution in [0.2, 0.25) is 0 Å². The van der Waals surface area contributed by atoms with E-state index in [0.29, 0.717) is 6.61 Å². The third-order valence-corrected chi connectivity index (χ3v) is 4.26. The number of fused-ring (bicyclic) bond motifs is 2. The van der Waals surface area contributed by atoms with Gasteiger partial charge in [-0.3, -0.25) is 10.8 Å². The zero-order chi connectivity index (χ0) is 12.7. The topological polar surface area (TPSA) is 60.2 Å². The van der Waals surface area contributed by atoms with E-state index in [1.807, 2.05) is 12.1 Å². The Bertz CT molecular complexity index is 627. The van der Waals surface area contributed by atoms with Crippen molar-refractivity contribution in [1.82, 2.24) is 4.98 Å². The van der Waals surface area contributed by atoms with Gasteiger partial charge in [0.25, 0.3) is 0 Å². The Morgan fingerprint density at radius 3 is 3.06 bits per heavy atom. The molecule has 0 saturated carbocycles. The quantitative estimate of drug-likeness (QED) is 0.628. The van der Waals surface area contributed by atoms with E-state index in [-0.39, 0.29) is 0 Å². The predicted molar refractivity (Wildman–Crippen MR) is 75.4 cm³/mol. The minimum absolute atomic E-state index is 0.576. The van der Waals surface area contributed by atoms with E-state index in [0.717, 1.165) is 50.9 Å². The Morgan fingerprint density at radius 1 is 1.44 bits per heavy atom. The van der Waals surface area contributed by atoms with Crippen LogP contribution in [0.15, 0.2) is 16.6 Å². The monoisotopic (exact) mass is 307 g/mol. The molecular formula is C13H14BrN3O. The molecule has 0 radical (unpaired) electrons. The SMILES string of the molecule is Cc1c(Br)ccc2c(NN)c3c(nc12)CCOC3. The fourth-order valence-electron chi connectivity index (χ4n) is 2.40. The van der Waals surface area contributed by atoms with E-state index in [1.54, 1.807) is 0 Å². The molecule has 0 spiro atoms. The number of nitrogens with zero attached hydrogens (tertiary/aromatic N) is 1. The fraction of sp³-hybridized carbons (Fsp3) is 0.308. The highest BCUT2D eigenvalue weighted by Gasteiger charge is 2.19. The molecule has 0 amide bonds. The number of aromatic nitrogens is 1. The van der Waals surface area contributed by atoms with Gasteiger partial charge in [-0.1, -0.05) is 15.9 Å². The van der Waals surface area contributed by atoms with E-state index >= 15 is 0 Å². The summed E-state index contributed by atoms with van der Waals surface area (Å²) in [5.74, 6) is 5.68. The first kappa shape index (κ1) is 11.9. The maximum Gasteiger partial charge on any atom is 0.0767 e. The van der Waals surface area contributed by atoms with Gasteiger partial charge in [0, 0.05) is 21.8 Å². The van der Waals surface area contributed by atoms with Crippen molar-refractivity contribution in [1.29, 1.82) is 0 Å². The summed E-state index contributed by atoms with van der Waals surface area (Å²) < 4.78 is 6.56. The second-order valence-corrected chi connectivity index (χ2v) is 5.28. The van der Waals surface area contributed by atoms with Crippen molar-refractivity contribution in [2.75, 3.05) is 12.0 Å². The number of ether oxygens (including phenoxy) is 1. The summed E-state index contributed by atoms with van der Waals surface area (Å²) in [7, 11) is 0. The number of rotatable bonds is 1. The lowest BCUT2D eigenvalue weighted by Crippen LogP contribution is -2.18. The summed E-state index contributed by atoms with van der Waals surface area (Å²) in [4.78, 5) is 4.78. The Balaban J connectivity index is 2.40. The average molecular weight is 308 g/mol. The van der Waals surface area contributed by atoms with Gasteiger partial charge >= 0.3 is 0 Å². The van der Waals surface area contributed by atoms with Crippen LogP contribution in [-0.4, -0.2) is 11.6 Å². The number of aryl methyl sites for hydroxylation is 1. The van der Waals surface area contributed by atoms with Crippen molar-refractivity contribution in [2.24, 2.45) is 5.84 Å². The van der Waals surface area contributed by atoms with Crippen LogP contribution in [0, 0.1) is 6.92 Å². The molecule has 3 N–H and O–H groups in total. The minimum atomic E-state index is 0.576. The molecule has 1 aliphatic rings. The highest BCUT2D eigenvalue weighted by Crippen LogP contribution is 2.34. The molecule has 1 aliphatic heterocycles. The summed E-state index contributed by atoms with van der Waals surface area (Å²) in [5, 5.41) is 1.04. The Hall–Kier alpha value is -1.17. The maximum absolute atomic E-state index is 5.68. The molecule has 1 aromatic carbocycles. The molecule has 3 rings (SSSR count). The van der Waals surface area contributed by atoms with Gasteiger partial charge in [-0.2, -0.15) is 0 Å². The van der Waals surface area contributed by atoms with Crippen LogP contribution in [0.3, 0.4) is 0 Å². The van der Waals surface area contributed by atoms with Crippen molar-refractivity contribution in [3.8, 4) is 0 Å². The summed E-state index contributed by atoms with van der Waals surface area (Å²) in [6.45, 7) is 3.36. The van der Waals surface area contributed by atoms with Crippen molar-refractivity contribution >= 4 is 32.5 Å². The minimum Gasteiger partial charge on any atom is -0.376 e. The number of nitrogens with one attached hydrogen (secondary N) is 1. The summed E-state index contributed by atoms with van der Waals surface area (Å²) >= 11 is 3.54. The first-order valence-electron chi connectivity index (χ1n) is 5.87. The molecule has 0 fully saturated rings. The molecule has 2 aromatic rings. The molecular weight excluding hydrogens is 294 g/mol. The summed E-state index contributed by atoms with van der Waals surface area (Å²) in [5.41, 5.74) is 8.05. The number of pyridine rings is 1. The van der Waals surface area contributed by atoms with Gasteiger partial charge in [0.05, 0.1) is 30.1 Å². The molecule has 2 heterocycles. The maximum atomic E-state index is 5.68. The molecule has 0 unspecified atom stereocenters. The molecule has 5 heteroatoms. The van der Waals surface area contributed by atoms with Gasteiger partial charge in [-0.05, 0) is 24.6 Å². The van der Waals surface area contributed by atoms with Gasteiger partial charge in [0.2, 0.25) is 0 Å². The van der Waals surface area contributed by atoms with E-state index in [1.165, 1.54) is 0 Å². The second-order valence-electron chi connectivity index (χ2n) is 4.43. The Morgan fingerprint density at radius 2 is 2.28 bits per heavy atom. The van der Waals surface area contributed by atoms with Crippen molar-refractivity contribution in [3.05, 3.63) is 33.4 Å². The predicted octanol–water partition coefficient (Wildman–Crippen LogP) is 2.66. The number of halogens is 1. The number of hydrogen-bond acceptors (Lipinski definition) is 4. The molecule has 0 saturated heterocycles. The first-order chi connectivity index (χ1) is 8.72. The summed E-state index contributed by atoms with van der Waals surface area (Å²) in [6, 6.07) is 4.06. The Labute approximate surface area is 114 Å². The van der Waals surface area contributed by atoms with Crippen LogP contribution < -0.4 is 11.3 Å². The standard InChI is InChI=1S/C13H14BrN3O/c1-7-10(14)3-2-8-12(7)16-11-4-5-18-6-9(11)13(8)17-15/h2-3H,4-6,15H2,1H3,(H,16,17). The lowest BCUT2D eigenvalue weighted by Gasteiger charge is -2.21. The first-order valence-corrected chi connectivity index (χ1v) is 6.66. The molecule has 0 aliphatic carbocycles. The number of benzene rings is 1. The molecule has 0 atom stereocenters. The summed E-state index contributed by atoms with van der Waals surface area (Å²) in [6.07, 6.45) is 0.839. The largest absolute Gasteiger partial charge is 0.376 e. The zero-order valence-corrected chi connectivity index (χ0v) is 11.7. The Kier molecular flexibility index (Phi) is 2.97. The molecule has 4 nitrogen and oxygen atoms in total. The van der Waals surface area contributed by atoms with E-state index in [2.05, 4.69) is 28.3 Å². The third kappa shape index (κ3) is 1.70. The van der Waals surface area contributed by atoms with Crippen LogP contribution in [0.5, 0.6) is 0 Å². The van der Waals surface area contributed by atoms with Crippen LogP contribution in [0.4, 0.5) is 5.69 Å². The molecule has 94 valence electrons. The molecule has 0 bridgehead atoms. The second kappa shape index (κ2) is 4.50. The van der Waals surface area contributed by atoms with Crippen LogP contribution in [0.25, 0.3) is 10.9 Å². The van der Waals surface area contributed by atoms with E-state index < -0.39 is 0 Å². The lowest BCUT2D eigenvalue weighted by molar-refractivity contribution is 0.110. The van der Waals surface area contributed by atoms with Crippen molar-refractivity contribution in [2.45, 2.75) is 20.0 Å². The van der Waals surface area contributed by atoms with Crippen LogP contribution in [0.1, 0.15) is 16.8 Å². The van der Waals surface area contributed by atoms with E-state index in [9.17, 15) is 0 Å². The molecule has 18 heavy (non-hydrogen) atoms. The average Bonchev–Trinajstić information content (AvgIpc) is 2.41. The van der Waals surface area contributed by atoms with Gasteiger partial charge in [-0.25, -0.2) is 0 Å². The van der Waals surface area contributed by atoms with Crippen molar-refractivity contribution < 1.29 is 4.74 Å². The number of hydrogen-bond donors (Lipinski definition) is 2. The third-order valence-electron chi connectivity index (χ3n) is 3.41. The van der Waals surface area contributed by atoms with Crippen LogP contribution >= 0.6 is 15.9 Å². The highest BCUT2D eigenvalue weighted by molar-refractivity contribution is 9.10. The number of nitrogen functional groups attached to an aromatic ring is 1. The van der Waals surface area contributed by atoms with Crippen molar-refractivity contribution in [3.63, 3.8) is 0 Å². The van der Waals surface area contributed by atoms with Gasteiger partial charge in [-0.15, -0.1) is 0 Å². The van der Waals surface area contributed by atoms with Crippen LogP contribution in [-0.2, 0) is 17.8 Å². The van der Waals surface area contributed by atoms with Gasteiger partial charge in [0.1, 0.15) is 0 Å². The number of anilines is 1. The number of hydrazine groups is 1. The van der Waals surface area contributed by atoms with Gasteiger partial charge < -0.3 is 10.2 Å². The highest BCUT2D eigenvalue weighted by atomic mass is 79.9. The van der Waals surface area contributed by atoms with E-state index in [4.69, 9.17) is 15.6 Å². The lowest BCUT2D eigenvalue weighted by atomic mass is 10.0. The zero-order valence-electron chi connectivity index (χ0n) is 10.1. The van der Waals surface area contributed by atoms with Gasteiger partial charge in [0.15, 0.2) is 0 Å². The number of nitrogens with two attached hydrogens (primary N) is 1. The smallest absolute Gasteiger partial charge is 0.0767 e. The molecule has 1 aromatic heterocycles.